The van der Waals surface area contributed by atoms with E-state index in [4.69, 9.17) is 0 Å². The Hall–Kier alpha value is -2.73. The first kappa shape index (κ1) is 23.4. The SMILES string of the molecule is Cc1ccncc1C(=O)N1CCCN(Cc2ccccc2)C2(CCCCC2)CC(=O)NCC1. The van der Waals surface area contributed by atoms with Crippen LogP contribution in [0.25, 0.3) is 0 Å². The lowest BCUT2D eigenvalue weighted by atomic mass is 9.77. The van der Waals surface area contributed by atoms with Gasteiger partial charge in [-0.15, -0.1) is 0 Å². The van der Waals surface area contributed by atoms with E-state index in [0.717, 1.165) is 37.9 Å². The molecule has 1 aromatic heterocycles. The van der Waals surface area contributed by atoms with Gasteiger partial charge in [-0.25, -0.2) is 0 Å². The third kappa shape index (κ3) is 5.80. The summed E-state index contributed by atoms with van der Waals surface area (Å²) in [5.74, 6) is 0.0953. The molecule has 1 saturated carbocycles. The lowest BCUT2D eigenvalue weighted by Gasteiger charge is -2.46. The molecule has 2 aliphatic rings. The van der Waals surface area contributed by atoms with Crippen molar-refractivity contribution in [2.75, 3.05) is 26.2 Å². The van der Waals surface area contributed by atoms with E-state index in [0.29, 0.717) is 31.6 Å². The fraction of sp³-hybridized carbons (Fsp3) is 0.519. The number of hydrogen-bond donors (Lipinski definition) is 1. The Bertz CT molecular complexity index is 940. The van der Waals surface area contributed by atoms with E-state index in [2.05, 4.69) is 39.5 Å². The van der Waals surface area contributed by atoms with Gasteiger partial charge < -0.3 is 10.2 Å². The second-order valence-electron chi connectivity index (χ2n) is 9.56. The van der Waals surface area contributed by atoms with Gasteiger partial charge in [-0.3, -0.25) is 19.5 Å². The highest BCUT2D eigenvalue weighted by atomic mass is 16.2. The number of carbonyl (C=O) groups excluding carboxylic acids is 2. The predicted molar refractivity (Wildman–Crippen MR) is 130 cm³/mol. The van der Waals surface area contributed by atoms with Crippen LogP contribution in [-0.2, 0) is 11.3 Å². The quantitative estimate of drug-likeness (QED) is 0.772. The highest BCUT2D eigenvalue weighted by Crippen LogP contribution is 2.38. The van der Waals surface area contributed by atoms with Crippen molar-refractivity contribution in [3.8, 4) is 0 Å². The van der Waals surface area contributed by atoms with Crippen LogP contribution in [0.5, 0.6) is 0 Å². The predicted octanol–water partition coefficient (Wildman–Crippen LogP) is 3.95. The first-order chi connectivity index (χ1) is 16.1. The van der Waals surface area contributed by atoms with Crippen LogP contribution in [0.4, 0.5) is 0 Å². The number of amides is 2. The summed E-state index contributed by atoms with van der Waals surface area (Å²) in [5.41, 5.74) is 2.75. The Kier molecular flexibility index (Phi) is 7.76. The lowest BCUT2D eigenvalue weighted by Crippen LogP contribution is -2.52. The molecule has 1 aromatic carbocycles. The van der Waals surface area contributed by atoms with Crippen molar-refractivity contribution < 1.29 is 9.59 Å². The van der Waals surface area contributed by atoms with Gasteiger partial charge in [0.15, 0.2) is 0 Å². The van der Waals surface area contributed by atoms with Gasteiger partial charge in [-0.2, -0.15) is 0 Å². The molecule has 0 atom stereocenters. The van der Waals surface area contributed by atoms with Crippen LogP contribution in [0.2, 0.25) is 0 Å². The molecular weight excluding hydrogens is 412 g/mol. The Labute approximate surface area is 197 Å². The van der Waals surface area contributed by atoms with Crippen LogP contribution in [0.3, 0.4) is 0 Å². The Morgan fingerprint density at radius 2 is 1.82 bits per heavy atom. The highest BCUT2D eigenvalue weighted by Gasteiger charge is 2.40. The van der Waals surface area contributed by atoms with Crippen LogP contribution in [0, 0.1) is 6.92 Å². The van der Waals surface area contributed by atoms with E-state index in [1.54, 1.807) is 12.4 Å². The number of rotatable bonds is 3. The first-order valence-corrected chi connectivity index (χ1v) is 12.3. The van der Waals surface area contributed by atoms with E-state index >= 15 is 0 Å². The molecule has 4 rings (SSSR count). The number of carbonyl (C=O) groups is 2. The molecule has 1 aliphatic carbocycles. The number of benzene rings is 1. The van der Waals surface area contributed by atoms with Crippen LogP contribution in [-0.4, -0.2) is 58.3 Å². The van der Waals surface area contributed by atoms with Gasteiger partial charge in [-0.1, -0.05) is 49.6 Å². The number of pyridine rings is 1. The number of nitrogens with one attached hydrogen (secondary N) is 1. The maximum Gasteiger partial charge on any atom is 0.255 e. The van der Waals surface area contributed by atoms with E-state index in [-0.39, 0.29) is 17.4 Å². The van der Waals surface area contributed by atoms with Crippen molar-refractivity contribution in [3.05, 3.63) is 65.5 Å². The number of aryl methyl sites for hydroxylation is 1. The minimum Gasteiger partial charge on any atom is -0.354 e. The van der Waals surface area contributed by atoms with Crippen molar-refractivity contribution in [1.82, 2.24) is 20.1 Å². The van der Waals surface area contributed by atoms with Gasteiger partial charge in [0.2, 0.25) is 5.91 Å². The minimum absolute atomic E-state index is 0.00363. The van der Waals surface area contributed by atoms with Gasteiger partial charge >= 0.3 is 0 Å². The van der Waals surface area contributed by atoms with Gasteiger partial charge in [-0.05, 0) is 43.4 Å². The molecule has 0 radical (unpaired) electrons. The van der Waals surface area contributed by atoms with E-state index in [9.17, 15) is 9.59 Å². The molecule has 2 heterocycles. The third-order valence-corrected chi connectivity index (χ3v) is 7.28. The van der Waals surface area contributed by atoms with Crippen molar-refractivity contribution in [1.29, 1.82) is 0 Å². The fourth-order valence-corrected chi connectivity index (χ4v) is 5.42. The molecule has 1 aliphatic heterocycles. The molecule has 1 spiro atoms. The molecule has 1 N–H and O–H groups in total. The number of nitrogens with zero attached hydrogens (tertiary/aromatic N) is 3. The summed E-state index contributed by atoms with van der Waals surface area (Å²) in [6.45, 7) is 5.33. The average Bonchev–Trinajstić information content (AvgIpc) is 2.85. The molecule has 6 heteroatoms. The molecule has 1 saturated heterocycles. The van der Waals surface area contributed by atoms with Gasteiger partial charge in [0, 0.05) is 57.1 Å². The van der Waals surface area contributed by atoms with E-state index in [1.807, 2.05) is 24.0 Å². The summed E-state index contributed by atoms with van der Waals surface area (Å²) < 4.78 is 0. The molecular formula is C27H36N4O2. The summed E-state index contributed by atoms with van der Waals surface area (Å²) >= 11 is 0. The molecule has 0 bridgehead atoms. The summed E-state index contributed by atoms with van der Waals surface area (Å²) in [4.78, 5) is 34.9. The maximum absolute atomic E-state index is 13.3. The Morgan fingerprint density at radius 1 is 1.03 bits per heavy atom. The topological polar surface area (TPSA) is 65.5 Å². The second-order valence-corrected chi connectivity index (χ2v) is 9.56. The second kappa shape index (κ2) is 10.9. The van der Waals surface area contributed by atoms with Crippen molar-refractivity contribution in [3.63, 3.8) is 0 Å². The molecule has 33 heavy (non-hydrogen) atoms. The van der Waals surface area contributed by atoms with Crippen LogP contribution in [0.1, 0.15) is 66.4 Å². The molecule has 2 fully saturated rings. The molecule has 2 aromatic rings. The summed E-state index contributed by atoms with van der Waals surface area (Å²) in [5, 5.41) is 3.11. The largest absolute Gasteiger partial charge is 0.354 e. The standard InChI is InChI=1S/C27H36N4O2/c1-22-11-14-28-20-24(22)26(33)30-16-8-17-31(21-23-9-4-2-5-10-23)27(12-6-3-7-13-27)19-25(32)29-15-18-30/h2,4-5,9-11,14,20H,3,6-8,12-13,15-19,21H2,1H3,(H,29,32). The lowest BCUT2D eigenvalue weighted by molar-refractivity contribution is -0.125. The van der Waals surface area contributed by atoms with Gasteiger partial charge in [0.25, 0.3) is 5.91 Å². The minimum atomic E-state index is -0.0999. The number of aromatic nitrogens is 1. The molecule has 6 nitrogen and oxygen atoms in total. The monoisotopic (exact) mass is 448 g/mol. The fourth-order valence-electron chi connectivity index (χ4n) is 5.42. The Balaban J connectivity index is 1.57. The zero-order chi connectivity index (χ0) is 23.1. The van der Waals surface area contributed by atoms with Crippen molar-refractivity contribution in [2.45, 2.75) is 64.0 Å². The molecule has 176 valence electrons. The molecule has 0 unspecified atom stereocenters. The van der Waals surface area contributed by atoms with Gasteiger partial charge in [0.1, 0.15) is 0 Å². The normalized spacial score (nSPS) is 20.2. The third-order valence-electron chi connectivity index (χ3n) is 7.28. The van der Waals surface area contributed by atoms with Crippen LogP contribution < -0.4 is 5.32 Å². The van der Waals surface area contributed by atoms with Crippen LogP contribution in [0.15, 0.2) is 48.8 Å². The summed E-state index contributed by atoms with van der Waals surface area (Å²) in [7, 11) is 0. The zero-order valence-electron chi connectivity index (χ0n) is 19.8. The Morgan fingerprint density at radius 3 is 2.58 bits per heavy atom. The van der Waals surface area contributed by atoms with Crippen LogP contribution >= 0.6 is 0 Å². The molecule has 2 amide bonds. The zero-order valence-corrected chi connectivity index (χ0v) is 19.8. The van der Waals surface area contributed by atoms with Crippen molar-refractivity contribution in [2.24, 2.45) is 0 Å². The van der Waals surface area contributed by atoms with E-state index < -0.39 is 0 Å². The van der Waals surface area contributed by atoms with Gasteiger partial charge in [0.05, 0.1) is 5.56 Å². The first-order valence-electron chi connectivity index (χ1n) is 12.3. The van der Waals surface area contributed by atoms with E-state index in [1.165, 1.54) is 24.8 Å². The average molecular weight is 449 g/mol. The smallest absolute Gasteiger partial charge is 0.255 e. The highest BCUT2D eigenvalue weighted by molar-refractivity contribution is 5.95. The number of hydrogen-bond acceptors (Lipinski definition) is 4. The summed E-state index contributed by atoms with van der Waals surface area (Å²) in [6.07, 6.45) is 10.5. The maximum atomic E-state index is 13.3. The van der Waals surface area contributed by atoms with Crippen molar-refractivity contribution >= 4 is 11.8 Å². The summed E-state index contributed by atoms with van der Waals surface area (Å²) in [6, 6.07) is 12.4.